The molecule has 3 aromatic heterocycles. The molecule has 0 saturated heterocycles. The summed E-state index contributed by atoms with van der Waals surface area (Å²) in [6.45, 7) is 1.89. The number of methoxy groups -OCH3 is 1. The van der Waals surface area contributed by atoms with Gasteiger partial charge in [0.05, 0.1) is 13.7 Å². The molecule has 0 N–H and O–H groups in total. The number of thiophene rings is 1. The first-order valence-electron chi connectivity index (χ1n) is 6.10. The number of aromatic nitrogens is 4. The van der Waals surface area contributed by atoms with E-state index in [1.807, 2.05) is 11.4 Å². The Hall–Kier alpha value is -1.99. The molecule has 8 heteroatoms. The van der Waals surface area contributed by atoms with Crippen LogP contribution in [-0.4, -0.2) is 26.6 Å². The Morgan fingerprint density at radius 2 is 2.19 bits per heavy atom. The summed E-state index contributed by atoms with van der Waals surface area (Å²) >= 11 is 7.60. The zero-order chi connectivity index (χ0) is 15.0. The van der Waals surface area contributed by atoms with Gasteiger partial charge in [0.25, 0.3) is 11.6 Å². The summed E-state index contributed by atoms with van der Waals surface area (Å²) in [6, 6.07) is 3.53. The van der Waals surface area contributed by atoms with E-state index >= 15 is 0 Å². The Balaban J connectivity index is 2.08. The van der Waals surface area contributed by atoms with Crippen LogP contribution in [0.3, 0.4) is 0 Å². The first-order chi connectivity index (χ1) is 10.1. The van der Waals surface area contributed by atoms with Crippen LogP contribution in [0.4, 0.5) is 0 Å². The smallest absolute Gasteiger partial charge is 0.299 e. The zero-order valence-electron chi connectivity index (χ0n) is 11.3. The van der Waals surface area contributed by atoms with Crippen molar-refractivity contribution in [2.24, 2.45) is 0 Å². The topological polar surface area (TPSA) is 69.9 Å². The van der Waals surface area contributed by atoms with Gasteiger partial charge in [0.2, 0.25) is 0 Å². The van der Waals surface area contributed by atoms with Crippen molar-refractivity contribution in [2.45, 2.75) is 13.5 Å². The van der Waals surface area contributed by atoms with Crippen molar-refractivity contribution in [3.8, 4) is 6.01 Å². The van der Waals surface area contributed by atoms with Gasteiger partial charge in [0.1, 0.15) is 9.98 Å². The summed E-state index contributed by atoms with van der Waals surface area (Å²) < 4.78 is 6.52. The number of fused-ring (bicyclic) bond motifs is 1. The van der Waals surface area contributed by atoms with E-state index < -0.39 is 0 Å². The van der Waals surface area contributed by atoms with Gasteiger partial charge in [-0.15, -0.1) is 11.3 Å². The maximum Gasteiger partial charge on any atom is 0.299 e. The molecule has 0 radical (unpaired) electrons. The lowest BCUT2D eigenvalue weighted by Gasteiger charge is -2.10. The Labute approximate surface area is 129 Å². The number of rotatable bonds is 3. The van der Waals surface area contributed by atoms with Crippen LogP contribution in [0.1, 0.15) is 11.5 Å². The second-order valence-corrected chi connectivity index (χ2v) is 5.63. The molecule has 0 aliphatic rings. The van der Waals surface area contributed by atoms with Crippen LogP contribution in [-0.2, 0) is 6.54 Å². The van der Waals surface area contributed by atoms with Gasteiger partial charge < -0.3 is 4.74 Å². The Morgan fingerprint density at radius 1 is 1.38 bits per heavy atom. The predicted molar refractivity (Wildman–Crippen MR) is 81.3 cm³/mol. The third-order valence-electron chi connectivity index (χ3n) is 2.91. The summed E-state index contributed by atoms with van der Waals surface area (Å²) in [5.41, 5.74) is 0.381. The third kappa shape index (κ3) is 2.62. The summed E-state index contributed by atoms with van der Waals surface area (Å²) in [6.07, 6.45) is 0. The van der Waals surface area contributed by atoms with Gasteiger partial charge in [0, 0.05) is 17.1 Å². The highest BCUT2D eigenvalue weighted by Crippen LogP contribution is 2.25. The van der Waals surface area contributed by atoms with Crippen LogP contribution in [0.5, 0.6) is 6.01 Å². The molecule has 0 aliphatic heterocycles. The Bertz CT molecular complexity index is 874. The van der Waals surface area contributed by atoms with Gasteiger partial charge in [-0.25, -0.2) is 15.0 Å². The second kappa shape index (κ2) is 5.42. The molecule has 0 saturated carbocycles. The van der Waals surface area contributed by atoms with E-state index in [0.717, 1.165) is 10.2 Å². The minimum Gasteiger partial charge on any atom is -0.468 e. The summed E-state index contributed by atoms with van der Waals surface area (Å²) in [5.74, 6) is 0.445. The molecule has 0 atom stereocenters. The molecule has 3 rings (SSSR count). The minimum absolute atomic E-state index is 0.156. The molecule has 0 aliphatic carbocycles. The van der Waals surface area contributed by atoms with Crippen molar-refractivity contribution in [1.82, 2.24) is 19.5 Å². The molecule has 0 bridgehead atoms. The molecular weight excluding hydrogens is 312 g/mol. The Kier molecular flexibility index (Phi) is 3.60. The molecule has 3 heterocycles. The number of hydrogen-bond acceptors (Lipinski definition) is 6. The van der Waals surface area contributed by atoms with Gasteiger partial charge in [0.15, 0.2) is 5.82 Å². The Morgan fingerprint density at radius 3 is 2.95 bits per heavy atom. The molecule has 0 fully saturated rings. The average Bonchev–Trinajstić information content (AvgIpc) is 2.90. The first-order valence-corrected chi connectivity index (χ1v) is 7.36. The molecule has 0 spiro atoms. The molecule has 108 valence electrons. The molecule has 21 heavy (non-hydrogen) atoms. The quantitative estimate of drug-likeness (QED) is 0.692. The molecule has 0 amide bonds. The SMILES string of the molecule is COc1nc(C)cc(=O)n1Cc1nc(Cl)c2ccsc2n1. The van der Waals surface area contributed by atoms with Crippen molar-refractivity contribution in [3.05, 3.63) is 44.5 Å². The van der Waals surface area contributed by atoms with Crippen LogP contribution in [0, 0.1) is 6.92 Å². The fraction of sp³-hybridized carbons (Fsp3) is 0.231. The third-order valence-corrected chi connectivity index (χ3v) is 4.00. The van der Waals surface area contributed by atoms with Gasteiger partial charge in [-0.3, -0.25) is 9.36 Å². The molecule has 0 unspecified atom stereocenters. The number of hydrogen-bond donors (Lipinski definition) is 0. The lowest BCUT2D eigenvalue weighted by atomic mass is 10.4. The number of aryl methyl sites for hydroxylation is 1. The molecule has 3 aromatic rings. The highest BCUT2D eigenvalue weighted by atomic mass is 35.5. The fourth-order valence-corrected chi connectivity index (χ4v) is 3.06. The first kappa shape index (κ1) is 14.0. The summed E-state index contributed by atoms with van der Waals surface area (Å²) in [7, 11) is 1.47. The average molecular weight is 323 g/mol. The highest BCUT2D eigenvalue weighted by molar-refractivity contribution is 7.16. The number of halogens is 1. The number of ether oxygens (including phenoxy) is 1. The maximum atomic E-state index is 12.1. The fourth-order valence-electron chi connectivity index (χ4n) is 1.97. The van der Waals surface area contributed by atoms with E-state index in [1.165, 1.54) is 29.1 Å². The predicted octanol–water partition coefficient (Wildman–Crippen LogP) is 2.27. The molecular formula is C13H11ClN4O2S. The van der Waals surface area contributed by atoms with Crippen LogP contribution < -0.4 is 10.3 Å². The summed E-state index contributed by atoms with van der Waals surface area (Å²) in [5, 5.41) is 3.09. The maximum absolute atomic E-state index is 12.1. The molecule has 0 aromatic carbocycles. The van der Waals surface area contributed by atoms with E-state index in [1.54, 1.807) is 6.92 Å². The van der Waals surface area contributed by atoms with Crippen LogP contribution in [0.25, 0.3) is 10.2 Å². The van der Waals surface area contributed by atoms with Crippen LogP contribution in [0.15, 0.2) is 22.3 Å². The van der Waals surface area contributed by atoms with Crippen molar-refractivity contribution in [1.29, 1.82) is 0 Å². The highest BCUT2D eigenvalue weighted by Gasteiger charge is 2.12. The van der Waals surface area contributed by atoms with Gasteiger partial charge in [-0.05, 0) is 18.4 Å². The van der Waals surface area contributed by atoms with Gasteiger partial charge in [-0.2, -0.15) is 0 Å². The normalized spacial score (nSPS) is 11.0. The van der Waals surface area contributed by atoms with Crippen LogP contribution in [0.2, 0.25) is 5.15 Å². The van der Waals surface area contributed by atoms with Gasteiger partial charge in [-0.1, -0.05) is 11.6 Å². The molecule has 6 nitrogen and oxygen atoms in total. The standard InChI is InChI=1S/C13H11ClN4O2S/c1-7-5-10(19)18(13(15-7)20-2)6-9-16-11(14)8-3-4-21-12(8)17-9/h3-5H,6H2,1-2H3. The van der Waals surface area contributed by atoms with E-state index in [4.69, 9.17) is 16.3 Å². The van der Waals surface area contributed by atoms with Crippen molar-refractivity contribution < 1.29 is 4.74 Å². The second-order valence-electron chi connectivity index (χ2n) is 4.38. The van der Waals surface area contributed by atoms with Crippen LogP contribution >= 0.6 is 22.9 Å². The largest absolute Gasteiger partial charge is 0.468 e. The van der Waals surface area contributed by atoms with Gasteiger partial charge >= 0.3 is 0 Å². The minimum atomic E-state index is -0.217. The number of nitrogens with zero attached hydrogens (tertiary/aromatic N) is 4. The van der Waals surface area contributed by atoms with E-state index in [2.05, 4.69) is 15.0 Å². The lowest BCUT2D eigenvalue weighted by molar-refractivity contribution is 0.348. The lowest BCUT2D eigenvalue weighted by Crippen LogP contribution is -2.24. The summed E-state index contributed by atoms with van der Waals surface area (Å²) in [4.78, 5) is 25.7. The van der Waals surface area contributed by atoms with Crippen molar-refractivity contribution in [2.75, 3.05) is 7.11 Å². The van der Waals surface area contributed by atoms with E-state index in [0.29, 0.717) is 16.7 Å². The van der Waals surface area contributed by atoms with E-state index in [9.17, 15) is 4.79 Å². The monoisotopic (exact) mass is 322 g/mol. The zero-order valence-corrected chi connectivity index (χ0v) is 12.9. The van der Waals surface area contributed by atoms with E-state index in [-0.39, 0.29) is 18.1 Å². The van der Waals surface area contributed by atoms with Crippen molar-refractivity contribution in [3.63, 3.8) is 0 Å². The van der Waals surface area contributed by atoms with Crippen molar-refractivity contribution >= 4 is 33.2 Å².